The molecule has 0 fully saturated rings. The van der Waals surface area contributed by atoms with Crippen molar-refractivity contribution >= 4 is 17.5 Å². The summed E-state index contributed by atoms with van der Waals surface area (Å²) in [4.78, 5) is 32.2. The molecule has 1 aromatic heterocycles. The predicted octanol–water partition coefficient (Wildman–Crippen LogP) is 3.63. The Bertz CT molecular complexity index is 1160. The van der Waals surface area contributed by atoms with Crippen LogP contribution in [0.2, 0.25) is 0 Å². The highest BCUT2D eigenvalue weighted by molar-refractivity contribution is 6.16. The van der Waals surface area contributed by atoms with Crippen LogP contribution >= 0.6 is 0 Å². The predicted molar refractivity (Wildman–Crippen MR) is 105 cm³/mol. The monoisotopic (exact) mass is 391 g/mol. The SMILES string of the molecule is CC(=O)OCc1cn2c(n1)CN=C(c1ccccc1F)c1cc(C(C)=O)ccc1-2. The molecule has 1 aliphatic rings. The molecule has 146 valence electrons. The molecule has 29 heavy (non-hydrogen) atoms. The van der Waals surface area contributed by atoms with Gasteiger partial charge in [0.15, 0.2) is 5.78 Å². The zero-order valence-electron chi connectivity index (χ0n) is 16.0. The summed E-state index contributed by atoms with van der Waals surface area (Å²) in [5.74, 6) is -0.235. The minimum absolute atomic E-state index is 0.0556. The Kier molecular flexibility index (Phi) is 4.80. The number of halogens is 1. The third-order valence-electron chi connectivity index (χ3n) is 4.68. The van der Waals surface area contributed by atoms with Gasteiger partial charge in [-0.15, -0.1) is 0 Å². The highest BCUT2D eigenvalue weighted by Crippen LogP contribution is 2.27. The van der Waals surface area contributed by atoms with Gasteiger partial charge in [0.25, 0.3) is 0 Å². The summed E-state index contributed by atoms with van der Waals surface area (Å²) >= 11 is 0. The molecular formula is C22H18FN3O3. The Balaban J connectivity index is 1.88. The van der Waals surface area contributed by atoms with Gasteiger partial charge in [0.05, 0.1) is 23.6 Å². The maximum atomic E-state index is 14.5. The number of ether oxygens (including phenoxy) is 1. The number of imidazole rings is 1. The Hall–Kier alpha value is -3.61. The molecule has 2 heterocycles. The van der Waals surface area contributed by atoms with Gasteiger partial charge in [-0.3, -0.25) is 14.6 Å². The number of nitrogens with zero attached hydrogens (tertiary/aromatic N) is 3. The maximum Gasteiger partial charge on any atom is 0.303 e. The van der Waals surface area contributed by atoms with Crippen molar-refractivity contribution in [3.05, 3.63) is 82.7 Å². The number of ketones is 1. The number of carbonyl (C=O) groups is 2. The quantitative estimate of drug-likeness (QED) is 0.503. The van der Waals surface area contributed by atoms with Crippen LogP contribution in [0.15, 0.2) is 53.7 Å². The second-order valence-corrected chi connectivity index (χ2v) is 6.73. The molecular weight excluding hydrogens is 373 g/mol. The van der Waals surface area contributed by atoms with Crippen LogP contribution in [0, 0.1) is 5.82 Å². The van der Waals surface area contributed by atoms with Crippen LogP contribution in [0.1, 0.15) is 46.9 Å². The molecule has 0 unspecified atom stereocenters. The summed E-state index contributed by atoms with van der Waals surface area (Å²) in [5, 5.41) is 0. The van der Waals surface area contributed by atoms with E-state index in [0.29, 0.717) is 33.9 Å². The first-order valence-corrected chi connectivity index (χ1v) is 9.09. The number of fused-ring (bicyclic) bond motifs is 3. The van der Waals surface area contributed by atoms with E-state index in [1.54, 1.807) is 42.6 Å². The molecule has 4 rings (SSSR count). The van der Waals surface area contributed by atoms with E-state index in [2.05, 4.69) is 9.98 Å². The Morgan fingerprint density at radius 2 is 1.93 bits per heavy atom. The van der Waals surface area contributed by atoms with E-state index in [1.807, 2.05) is 4.57 Å². The average molecular weight is 391 g/mol. The molecule has 0 atom stereocenters. The number of aliphatic imine (C=N–C) groups is 1. The highest BCUT2D eigenvalue weighted by atomic mass is 19.1. The molecule has 2 aromatic carbocycles. The summed E-state index contributed by atoms with van der Waals surface area (Å²) in [6.45, 7) is 3.09. The molecule has 0 radical (unpaired) electrons. The summed E-state index contributed by atoms with van der Waals surface area (Å²) in [5.41, 5.74) is 3.29. The van der Waals surface area contributed by atoms with E-state index in [4.69, 9.17) is 4.74 Å². The standard InChI is InChI=1S/C22H18FN3O3/c1-13(27)15-7-8-20-18(9-15)22(17-5-3-4-6-19(17)23)24-10-21-25-16(11-26(20)21)12-29-14(2)28/h3-9,11H,10,12H2,1-2H3. The molecule has 1 aliphatic heterocycles. The fraction of sp³-hybridized carbons (Fsp3) is 0.182. The van der Waals surface area contributed by atoms with Gasteiger partial charge in [0.2, 0.25) is 0 Å². The van der Waals surface area contributed by atoms with E-state index >= 15 is 0 Å². The Labute approximate surface area is 166 Å². The van der Waals surface area contributed by atoms with Gasteiger partial charge in [-0.25, -0.2) is 9.37 Å². The summed E-state index contributed by atoms with van der Waals surface area (Å²) in [7, 11) is 0. The van der Waals surface area contributed by atoms with Crippen LogP contribution in [-0.2, 0) is 22.7 Å². The summed E-state index contributed by atoms with van der Waals surface area (Å²) in [6, 6.07) is 11.7. The van der Waals surface area contributed by atoms with Crippen molar-refractivity contribution in [3.63, 3.8) is 0 Å². The van der Waals surface area contributed by atoms with Crippen LogP contribution in [0.25, 0.3) is 5.69 Å². The van der Waals surface area contributed by atoms with Crippen LogP contribution in [0.5, 0.6) is 0 Å². The number of Topliss-reactive ketones (excluding diaryl/α,β-unsaturated/α-hetero) is 1. The van der Waals surface area contributed by atoms with Crippen molar-refractivity contribution in [2.24, 2.45) is 4.99 Å². The molecule has 3 aromatic rings. The summed E-state index contributed by atoms with van der Waals surface area (Å²) in [6.07, 6.45) is 1.77. The number of hydrogen-bond acceptors (Lipinski definition) is 5. The van der Waals surface area contributed by atoms with Gasteiger partial charge >= 0.3 is 5.97 Å². The average Bonchev–Trinajstić information content (AvgIpc) is 3.04. The van der Waals surface area contributed by atoms with E-state index in [1.165, 1.54) is 19.9 Å². The molecule has 0 saturated heterocycles. The van der Waals surface area contributed by atoms with E-state index in [9.17, 15) is 14.0 Å². The lowest BCUT2D eigenvalue weighted by Crippen LogP contribution is -2.10. The van der Waals surface area contributed by atoms with E-state index in [-0.39, 0.29) is 30.7 Å². The highest BCUT2D eigenvalue weighted by Gasteiger charge is 2.23. The van der Waals surface area contributed by atoms with Crippen LogP contribution < -0.4 is 0 Å². The number of aromatic nitrogens is 2. The largest absolute Gasteiger partial charge is 0.459 e. The lowest BCUT2D eigenvalue weighted by Gasteiger charge is -2.13. The molecule has 0 N–H and O–H groups in total. The van der Waals surface area contributed by atoms with Crippen molar-refractivity contribution in [1.29, 1.82) is 0 Å². The molecule has 6 nitrogen and oxygen atoms in total. The first-order valence-electron chi connectivity index (χ1n) is 9.09. The molecule has 0 bridgehead atoms. The Morgan fingerprint density at radius 3 is 2.66 bits per heavy atom. The Morgan fingerprint density at radius 1 is 1.14 bits per heavy atom. The van der Waals surface area contributed by atoms with Gasteiger partial charge in [-0.05, 0) is 37.3 Å². The minimum Gasteiger partial charge on any atom is -0.459 e. The van der Waals surface area contributed by atoms with Crippen molar-refractivity contribution in [3.8, 4) is 5.69 Å². The molecule has 0 aliphatic carbocycles. The molecule has 0 saturated carbocycles. The normalized spacial score (nSPS) is 12.4. The summed E-state index contributed by atoms with van der Waals surface area (Å²) < 4.78 is 21.4. The zero-order valence-corrected chi connectivity index (χ0v) is 16.0. The fourth-order valence-corrected chi connectivity index (χ4v) is 3.31. The van der Waals surface area contributed by atoms with Crippen molar-refractivity contribution in [1.82, 2.24) is 9.55 Å². The molecule has 0 spiro atoms. The van der Waals surface area contributed by atoms with E-state index in [0.717, 1.165) is 5.69 Å². The second-order valence-electron chi connectivity index (χ2n) is 6.73. The third kappa shape index (κ3) is 3.59. The van der Waals surface area contributed by atoms with Gasteiger partial charge in [-0.1, -0.05) is 12.1 Å². The van der Waals surface area contributed by atoms with Gasteiger partial charge in [0.1, 0.15) is 18.2 Å². The van der Waals surface area contributed by atoms with Crippen molar-refractivity contribution < 1.29 is 18.7 Å². The lowest BCUT2D eigenvalue weighted by molar-refractivity contribution is -0.142. The smallest absolute Gasteiger partial charge is 0.303 e. The lowest BCUT2D eigenvalue weighted by atomic mass is 9.97. The van der Waals surface area contributed by atoms with Crippen LogP contribution in [-0.4, -0.2) is 27.0 Å². The van der Waals surface area contributed by atoms with Gasteiger partial charge in [0, 0.05) is 29.8 Å². The number of rotatable bonds is 4. The first-order chi connectivity index (χ1) is 13.9. The van der Waals surface area contributed by atoms with Crippen LogP contribution in [0.4, 0.5) is 4.39 Å². The second kappa shape index (κ2) is 7.43. The third-order valence-corrected chi connectivity index (χ3v) is 4.68. The molecule has 0 amide bonds. The number of hydrogen-bond donors (Lipinski definition) is 0. The number of benzene rings is 2. The van der Waals surface area contributed by atoms with Crippen molar-refractivity contribution in [2.75, 3.05) is 0 Å². The van der Waals surface area contributed by atoms with Crippen molar-refractivity contribution in [2.45, 2.75) is 27.0 Å². The number of carbonyl (C=O) groups excluding carboxylic acids is 2. The van der Waals surface area contributed by atoms with Crippen LogP contribution in [0.3, 0.4) is 0 Å². The zero-order chi connectivity index (χ0) is 20.5. The topological polar surface area (TPSA) is 73.6 Å². The van der Waals surface area contributed by atoms with Gasteiger partial charge < -0.3 is 9.30 Å². The molecule has 7 heteroatoms. The number of esters is 1. The fourth-order valence-electron chi connectivity index (χ4n) is 3.31. The maximum absolute atomic E-state index is 14.5. The van der Waals surface area contributed by atoms with E-state index < -0.39 is 0 Å². The van der Waals surface area contributed by atoms with Gasteiger partial charge in [-0.2, -0.15) is 0 Å². The minimum atomic E-state index is -0.389. The first kappa shape index (κ1) is 18.7.